The zero-order valence-corrected chi connectivity index (χ0v) is 13.3. The van der Waals surface area contributed by atoms with Crippen LogP contribution in [0.25, 0.3) is 0 Å². The Labute approximate surface area is 120 Å². The van der Waals surface area contributed by atoms with Gasteiger partial charge in [0.05, 0.1) is 0 Å². The van der Waals surface area contributed by atoms with E-state index in [1.807, 2.05) is 0 Å². The van der Waals surface area contributed by atoms with Crippen LogP contribution in [0.3, 0.4) is 0 Å². The summed E-state index contributed by atoms with van der Waals surface area (Å²) in [5.41, 5.74) is 1.37. The molecule has 2 saturated heterocycles. The fourth-order valence-electron chi connectivity index (χ4n) is 7.04. The molecule has 0 aromatic rings. The first-order chi connectivity index (χ1) is 9.00. The fraction of sp³-hybridized carbons (Fsp3) is 1.00. The first-order valence-corrected chi connectivity index (χ1v) is 9.00. The molecule has 0 nitrogen and oxygen atoms in total. The van der Waals surface area contributed by atoms with Crippen molar-refractivity contribution in [2.75, 3.05) is 0 Å². The summed E-state index contributed by atoms with van der Waals surface area (Å²) < 4.78 is 0. The molecule has 106 valence electrons. The number of hydrogen-bond donors (Lipinski definition) is 0. The summed E-state index contributed by atoms with van der Waals surface area (Å²) in [5.74, 6) is 5.39. The maximum Gasteiger partial charge on any atom is 0.127 e. The van der Waals surface area contributed by atoms with E-state index in [1.54, 1.807) is 45.8 Å². The monoisotopic (exact) mass is 258 g/mol. The second-order valence-corrected chi connectivity index (χ2v) is 9.42. The van der Waals surface area contributed by atoms with Gasteiger partial charge in [0, 0.05) is 0 Å². The summed E-state index contributed by atoms with van der Waals surface area (Å²) in [6.45, 7) is 7.85. The molecule has 0 aromatic carbocycles. The Morgan fingerprint density at radius 2 is 1.53 bits per heavy atom. The summed E-state index contributed by atoms with van der Waals surface area (Å²) in [7, 11) is 1.59. The average Bonchev–Trinajstić information content (AvgIpc) is 2.38. The van der Waals surface area contributed by atoms with Crippen molar-refractivity contribution in [3.8, 4) is 0 Å². The van der Waals surface area contributed by atoms with Crippen LogP contribution in [0.4, 0.5) is 0 Å². The summed E-state index contributed by atoms with van der Waals surface area (Å²) in [5, 5.41) is 0. The summed E-state index contributed by atoms with van der Waals surface area (Å²) in [4.78, 5) is 0. The number of hydrogen-bond acceptors (Lipinski definition) is 0. The Balaban J connectivity index is 1.57. The van der Waals surface area contributed by atoms with E-state index in [-0.39, 0.29) is 0 Å². The van der Waals surface area contributed by atoms with Crippen molar-refractivity contribution in [2.24, 2.45) is 28.6 Å². The van der Waals surface area contributed by atoms with Gasteiger partial charge in [-0.15, -0.1) is 0 Å². The molecule has 0 N–H and O–H groups in total. The van der Waals surface area contributed by atoms with E-state index in [4.69, 9.17) is 0 Å². The summed E-state index contributed by atoms with van der Waals surface area (Å²) in [6.07, 6.45) is 12.5. The molecule has 5 aliphatic rings. The van der Waals surface area contributed by atoms with Gasteiger partial charge in [-0.2, -0.15) is 0 Å². The second kappa shape index (κ2) is 4.04. The number of fused-ring (bicyclic) bond motifs is 4. The fourth-order valence-corrected chi connectivity index (χ4v) is 7.04. The van der Waals surface area contributed by atoms with E-state index < -0.39 is 0 Å². The molecule has 3 saturated carbocycles. The maximum atomic E-state index is 2.69. The molecule has 19 heavy (non-hydrogen) atoms. The maximum absolute atomic E-state index is 2.69. The van der Waals surface area contributed by atoms with Crippen LogP contribution in [0.1, 0.15) is 72.1 Å². The zero-order chi connectivity index (χ0) is 13.3. The first kappa shape index (κ1) is 12.8. The minimum absolute atomic E-state index is 0.666. The van der Waals surface area contributed by atoms with Crippen LogP contribution in [0.15, 0.2) is 0 Å². The smallest absolute Gasteiger partial charge is 0.0651 e. The molecule has 3 aliphatic carbocycles. The van der Waals surface area contributed by atoms with Gasteiger partial charge in [0.15, 0.2) is 0 Å². The molecule has 0 radical (unpaired) electrons. The van der Waals surface area contributed by atoms with Crippen LogP contribution in [-0.2, 0) is 0 Å². The van der Waals surface area contributed by atoms with E-state index in [2.05, 4.69) is 20.8 Å². The highest BCUT2D eigenvalue weighted by atomic mass is 14.7. The third-order valence-electron chi connectivity index (χ3n) is 8.36. The molecule has 5 atom stereocenters. The van der Waals surface area contributed by atoms with Gasteiger partial charge in [-0.05, 0) is 47.8 Å². The largest absolute Gasteiger partial charge is 0.127 e. The highest BCUT2D eigenvalue weighted by Gasteiger charge is 2.61. The molecule has 0 aromatic heterocycles. The second-order valence-electron chi connectivity index (χ2n) is 9.42. The topological polar surface area (TPSA) is 0 Å². The summed E-state index contributed by atoms with van der Waals surface area (Å²) >= 11 is 0. The van der Waals surface area contributed by atoms with Gasteiger partial charge in [0.25, 0.3) is 0 Å². The van der Waals surface area contributed by atoms with Gasteiger partial charge in [-0.1, -0.05) is 64.5 Å². The van der Waals surface area contributed by atoms with Gasteiger partial charge >= 0.3 is 0 Å². The molecule has 5 fully saturated rings. The standard InChI is InChI=1S/C18H31B/c1-17(2)12-7-8-18(3,16(17)11-12)13-9-14-5-4-6-15(10-13)19-14/h12-16,19H,4-11H2,1-3H3/t12-,13?,14?,15?,16?,18?/m0/s1. The van der Waals surface area contributed by atoms with Gasteiger partial charge in [-0.3, -0.25) is 0 Å². The third-order valence-corrected chi connectivity index (χ3v) is 8.36. The first-order valence-electron chi connectivity index (χ1n) is 9.00. The molecular weight excluding hydrogens is 227 g/mol. The van der Waals surface area contributed by atoms with E-state index >= 15 is 0 Å². The Kier molecular flexibility index (Phi) is 2.72. The van der Waals surface area contributed by atoms with Gasteiger partial charge in [0.2, 0.25) is 0 Å². The average molecular weight is 258 g/mol. The lowest BCUT2D eigenvalue weighted by atomic mass is 9.34. The van der Waals surface area contributed by atoms with Crippen molar-refractivity contribution >= 4 is 7.28 Å². The van der Waals surface area contributed by atoms with Crippen LogP contribution in [-0.4, -0.2) is 7.28 Å². The van der Waals surface area contributed by atoms with Gasteiger partial charge in [0.1, 0.15) is 7.28 Å². The Morgan fingerprint density at radius 1 is 0.842 bits per heavy atom. The Bertz CT molecular complexity index is 360. The van der Waals surface area contributed by atoms with E-state index in [9.17, 15) is 0 Å². The highest BCUT2D eigenvalue weighted by molar-refractivity contribution is 6.40. The normalized spacial score (nSPS) is 55.0. The molecule has 0 amide bonds. The van der Waals surface area contributed by atoms with Crippen molar-refractivity contribution in [1.29, 1.82) is 0 Å². The lowest BCUT2D eigenvalue weighted by molar-refractivity contribution is -0.175. The lowest BCUT2D eigenvalue weighted by Crippen LogP contribution is -2.59. The molecule has 5 rings (SSSR count). The van der Waals surface area contributed by atoms with Crippen LogP contribution in [0.5, 0.6) is 0 Å². The van der Waals surface area contributed by atoms with Crippen LogP contribution in [0.2, 0.25) is 11.6 Å². The highest BCUT2D eigenvalue weighted by Crippen LogP contribution is 2.70. The number of rotatable bonds is 1. The quantitative estimate of drug-likeness (QED) is 0.577. The molecule has 0 spiro atoms. The van der Waals surface area contributed by atoms with Crippen molar-refractivity contribution in [1.82, 2.24) is 0 Å². The predicted octanol–water partition coefficient (Wildman–Crippen LogP) is 5.06. The van der Waals surface area contributed by atoms with Gasteiger partial charge < -0.3 is 0 Å². The molecule has 1 heteroatoms. The van der Waals surface area contributed by atoms with Crippen LogP contribution in [0, 0.1) is 28.6 Å². The predicted molar refractivity (Wildman–Crippen MR) is 83.9 cm³/mol. The minimum atomic E-state index is 0.666. The Morgan fingerprint density at radius 3 is 2.11 bits per heavy atom. The van der Waals surface area contributed by atoms with E-state index in [1.165, 1.54) is 12.8 Å². The SMILES string of the molecule is CC1(C2CC3BC(CCC3)C2)CC[C@H]2CC1C2(C)C. The van der Waals surface area contributed by atoms with Crippen molar-refractivity contribution in [3.63, 3.8) is 0 Å². The van der Waals surface area contributed by atoms with Crippen LogP contribution < -0.4 is 0 Å². The van der Waals surface area contributed by atoms with Crippen molar-refractivity contribution in [2.45, 2.75) is 83.8 Å². The van der Waals surface area contributed by atoms with Crippen molar-refractivity contribution in [3.05, 3.63) is 0 Å². The Hall–Kier alpha value is 0.0649. The van der Waals surface area contributed by atoms with Crippen molar-refractivity contribution < 1.29 is 0 Å². The molecule has 4 unspecified atom stereocenters. The molecule has 4 bridgehead atoms. The molecular formula is C18H31B. The summed E-state index contributed by atoms with van der Waals surface area (Å²) in [6, 6.07) is 0. The molecule has 2 heterocycles. The third kappa shape index (κ3) is 1.72. The minimum Gasteiger partial charge on any atom is -0.0651 e. The zero-order valence-electron chi connectivity index (χ0n) is 13.3. The van der Waals surface area contributed by atoms with Crippen LogP contribution >= 0.6 is 0 Å². The van der Waals surface area contributed by atoms with E-state index in [0.717, 1.165) is 29.4 Å². The molecule has 2 aliphatic heterocycles. The lowest BCUT2D eigenvalue weighted by Gasteiger charge is -2.67. The van der Waals surface area contributed by atoms with E-state index in [0.29, 0.717) is 10.8 Å². The van der Waals surface area contributed by atoms with Gasteiger partial charge in [-0.25, -0.2) is 0 Å².